The van der Waals surface area contributed by atoms with Gasteiger partial charge >= 0.3 is 0 Å². The van der Waals surface area contributed by atoms with E-state index >= 15 is 0 Å². The quantitative estimate of drug-likeness (QED) is 0.666. The minimum Gasteiger partial charge on any atom is -0.360 e. The van der Waals surface area contributed by atoms with Gasteiger partial charge in [0.15, 0.2) is 11.6 Å². The zero-order valence-electron chi connectivity index (χ0n) is 15.7. The van der Waals surface area contributed by atoms with E-state index in [4.69, 9.17) is 4.52 Å². The number of hydrogen-bond acceptors (Lipinski definition) is 6. The SMILES string of the molecule is Cc1cc(CN2CCC(c3nnc(Cn4cccn4)n3C3CC3)CC2)on1. The van der Waals surface area contributed by atoms with Crippen LogP contribution >= 0.6 is 0 Å². The van der Waals surface area contributed by atoms with Gasteiger partial charge in [-0.1, -0.05) is 5.16 Å². The number of nitrogens with zero attached hydrogens (tertiary/aromatic N) is 7. The van der Waals surface area contributed by atoms with Gasteiger partial charge in [0.2, 0.25) is 0 Å². The van der Waals surface area contributed by atoms with Gasteiger partial charge in [0, 0.05) is 30.4 Å². The Hall–Kier alpha value is -2.48. The molecule has 0 bridgehead atoms. The Bertz CT molecular complexity index is 885. The number of aryl methyl sites for hydroxylation is 1. The summed E-state index contributed by atoms with van der Waals surface area (Å²) in [5.74, 6) is 3.65. The molecule has 0 amide bonds. The molecule has 1 saturated heterocycles. The second kappa shape index (κ2) is 6.92. The van der Waals surface area contributed by atoms with Crippen LogP contribution in [0.4, 0.5) is 0 Å². The van der Waals surface area contributed by atoms with Crippen molar-refractivity contribution in [2.24, 2.45) is 0 Å². The van der Waals surface area contributed by atoms with Crippen LogP contribution in [0.15, 0.2) is 29.0 Å². The predicted octanol–water partition coefficient (Wildman–Crippen LogP) is 2.53. The van der Waals surface area contributed by atoms with Gasteiger partial charge in [-0.25, -0.2) is 0 Å². The molecule has 2 aliphatic rings. The summed E-state index contributed by atoms with van der Waals surface area (Å²) in [6.07, 6.45) is 8.49. The first kappa shape index (κ1) is 16.7. The third kappa shape index (κ3) is 3.53. The van der Waals surface area contributed by atoms with Crippen LogP contribution in [0.3, 0.4) is 0 Å². The van der Waals surface area contributed by atoms with Crippen molar-refractivity contribution in [1.29, 1.82) is 0 Å². The molecule has 0 unspecified atom stereocenters. The van der Waals surface area contributed by atoms with Gasteiger partial charge in [-0.2, -0.15) is 5.10 Å². The Balaban J connectivity index is 1.27. The number of aromatic nitrogens is 6. The lowest BCUT2D eigenvalue weighted by atomic mass is 9.95. The van der Waals surface area contributed by atoms with Crippen molar-refractivity contribution in [2.75, 3.05) is 13.1 Å². The third-order valence-corrected chi connectivity index (χ3v) is 5.58. The summed E-state index contributed by atoms with van der Waals surface area (Å²) in [5.41, 5.74) is 0.946. The highest BCUT2D eigenvalue weighted by molar-refractivity contribution is 5.10. The van der Waals surface area contributed by atoms with Crippen LogP contribution in [0.25, 0.3) is 0 Å². The van der Waals surface area contributed by atoms with Crippen molar-refractivity contribution < 1.29 is 4.52 Å². The van der Waals surface area contributed by atoms with E-state index in [0.717, 1.165) is 49.8 Å². The zero-order chi connectivity index (χ0) is 18.2. The van der Waals surface area contributed by atoms with E-state index in [1.54, 1.807) is 0 Å². The number of piperidine rings is 1. The van der Waals surface area contributed by atoms with Crippen LogP contribution in [-0.2, 0) is 13.1 Å². The molecule has 1 aliphatic heterocycles. The van der Waals surface area contributed by atoms with Crippen molar-refractivity contribution >= 4 is 0 Å². The van der Waals surface area contributed by atoms with E-state index in [-0.39, 0.29) is 0 Å². The van der Waals surface area contributed by atoms with Crippen LogP contribution in [0, 0.1) is 6.92 Å². The molecule has 3 aromatic rings. The van der Waals surface area contributed by atoms with Gasteiger partial charge in [-0.3, -0.25) is 9.58 Å². The molecule has 0 atom stereocenters. The fourth-order valence-corrected chi connectivity index (χ4v) is 4.05. The Morgan fingerprint density at radius 2 is 1.96 bits per heavy atom. The van der Waals surface area contributed by atoms with E-state index < -0.39 is 0 Å². The van der Waals surface area contributed by atoms with Crippen molar-refractivity contribution in [3.8, 4) is 0 Å². The maximum atomic E-state index is 5.36. The molecule has 3 aromatic heterocycles. The van der Waals surface area contributed by atoms with Gasteiger partial charge < -0.3 is 9.09 Å². The Kier molecular flexibility index (Phi) is 4.27. The van der Waals surface area contributed by atoms with E-state index in [0.29, 0.717) is 18.5 Å². The highest BCUT2D eigenvalue weighted by Gasteiger charge is 2.33. The molecule has 4 heterocycles. The first-order valence-electron chi connectivity index (χ1n) is 9.82. The van der Waals surface area contributed by atoms with E-state index in [1.807, 2.05) is 36.1 Å². The van der Waals surface area contributed by atoms with Gasteiger partial charge in [0.05, 0.1) is 12.2 Å². The fraction of sp³-hybridized carbons (Fsp3) is 0.579. The van der Waals surface area contributed by atoms with Crippen LogP contribution in [0.5, 0.6) is 0 Å². The molecule has 0 N–H and O–H groups in total. The molecular formula is C19H25N7O. The Morgan fingerprint density at radius 1 is 1.11 bits per heavy atom. The van der Waals surface area contributed by atoms with Crippen LogP contribution < -0.4 is 0 Å². The van der Waals surface area contributed by atoms with E-state index in [2.05, 4.69) is 29.9 Å². The van der Waals surface area contributed by atoms with Gasteiger partial charge in [-0.15, -0.1) is 10.2 Å². The van der Waals surface area contributed by atoms with E-state index in [1.165, 1.54) is 18.7 Å². The molecule has 1 saturated carbocycles. The second-order valence-corrected chi connectivity index (χ2v) is 7.76. The van der Waals surface area contributed by atoms with Crippen molar-refractivity contribution in [3.63, 3.8) is 0 Å². The van der Waals surface area contributed by atoms with Crippen molar-refractivity contribution in [3.05, 3.63) is 47.6 Å². The molecule has 1 aliphatic carbocycles. The summed E-state index contributed by atoms with van der Waals surface area (Å²) in [4.78, 5) is 2.44. The molecule has 8 nitrogen and oxygen atoms in total. The molecule has 8 heteroatoms. The van der Waals surface area contributed by atoms with Gasteiger partial charge in [0.25, 0.3) is 0 Å². The fourth-order valence-electron chi connectivity index (χ4n) is 4.05. The molecule has 0 spiro atoms. The van der Waals surface area contributed by atoms with Gasteiger partial charge in [0.1, 0.15) is 12.4 Å². The minimum atomic E-state index is 0.484. The Labute approximate surface area is 158 Å². The smallest absolute Gasteiger partial charge is 0.155 e. The number of rotatable bonds is 6. The topological polar surface area (TPSA) is 77.8 Å². The van der Waals surface area contributed by atoms with Crippen molar-refractivity contribution in [2.45, 2.75) is 57.7 Å². The maximum Gasteiger partial charge on any atom is 0.155 e. The van der Waals surface area contributed by atoms with Crippen LogP contribution in [-0.4, -0.2) is 47.7 Å². The molecule has 142 valence electrons. The lowest BCUT2D eigenvalue weighted by molar-refractivity contribution is 0.180. The summed E-state index contributed by atoms with van der Waals surface area (Å²) in [7, 11) is 0. The Morgan fingerprint density at radius 3 is 2.63 bits per heavy atom. The number of hydrogen-bond donors (Lipinski definition) is 0. The van der Waals surface area contributed by atoms with Crippen LogP contribution in [0.1, 0.15) is 60.7 Å². The lowest BCUT2D eigenvalue weighted by Crippen LogP contribution is -2.33. The highest BCUT2D eigenvalue weighted by Crippen LogP contribution is 2.40. The highest BCUT2D eigenvalue weighted by atomic mass is 16.5. The summed E-state index contributed by atoms with van der Waals surface area (Å²) in [6.45, 7) is 5.60. The van der Waals surface area contributed by atoms with E-state index in [9.17, 15) is 0 Å². The maximum absolute atomic E-state index is 5.36. The molecule has 5 rings (SSSR count). The summed E-state index contributed by atoms with van der Waals surface area (Å²) >= 11 is 0. The predicted molar refractivity (Wildman–Crippen MR) is 98.1 cm³/mol. The standard InChI is InChI=1S/C19H25N7O/c1-14-11-17(27-23-14)12-24-9-5-15(6-10-24)19-22-21-18(26(19)16-3-4-16)13-25-8-2-7-20-25/h2,7-8,11,15-16H,3-6,9-10,12-13H2,1H3. The first-order chi connectivity index (χ1) is 13.3. The largest absolute Gasteiger partial charge is 0.360 e. The lowest BCUT2D eigenvalue weighted by Gasteiger charge is -2.31. The normalized spacial score (nSPS) is 19.0. The molecule has 0 aromatic carbocycles. The third-order valence-electron chi connectivity index (χ3n) is 5.58. The van der Waals surface area contributed by atoms with Crippen molar-refractivity contribution in [1.82, 2.24) is 34.6 Å². The summed E-state index contributed by atoms with van der Waals surface area (Å²) < 4.78 is 9.69. The second-order valence-electron chi connectivity index (χ2n) is 7.76. The molecular weight excluding hydrogens is 342 g/mol. The van der Waals surface area contributed by atoms with Crippen LogP contribution in [0.2, 0.25) is 0 Å². The molecule has 0 radical (unpaired) electrons. The number of likely N-dealkylation sites (tertiary alicyclic amines) is 1. The van der Waals surface area contributed by atoms with Gasteiger partial charge in [-0.05, 0) is 51.8 Å². The average molecular weight is 367 g/mol. The monoisotopic (exact) mass is 367 g/mol. The first-order valence-corrected chi connectivity index (χ1v) is 9.82. The zero-order valence-corrected chi connectivity index (χ0v) is 15.7. The average Bonchev–Trinajstić information content (AvgIpc) is 3.05. The summed E-state index contributed by atoms with van der Waals surface area (Å²) in [6, 6.07) is 4.55. The summed E-state index contributed by atoms with van der Waals surface area (Å²) in [5, 5.41) is 17.5. The molecule has 2 fully saturated rings. The molecule has 27 heavy (non-hydrogen) atoms. The minimum absolute atomic E-state index is 0.484.